The average Bonchev–Trinajstić information content (AvgIpc) is 2.57. The number of methoxy groups -OCH3 is 1. The van der Waals surface area contributed by atoms with Crippen molar-refractivity contribution in [2.45, 2.75) is 24.7 Å². The molecular formula is C12H28IN2O8-. The van der Waals surface area contributed by atoms with E-state index in [1.165, 1.54) is 14.2 Å². The summed E-state index contributed by atoms with van der Waals surface area (Å²) < 4.78 is 21.3. The summed E-state index contributed by atoms with van der Waals surface area (Å²) >= 11 is -0.560. The molecule has 0 aliphatic carbocycles. The Bertz CT molecular complexity index is 279. The van der Waals surface area contributed by atoms with E-state index in [4.69, 9.17) is 28.1 Å². The predicted molar refractivity (Wildman–Crippen MR) is 75.4 cm³/mol. The van der Waals surface area contributed by atoms with Gasteiger partial charge in [0.15, 0.2) is 0 Å². The summed E-state index contributed by atoms with van der Waals surface area (Å²) in [7, 11) is 2.69. The van der Waals surface area contributed by atoms with Crippen molar-refractivity contribution in [1.82, 2.24) is 4.90 Å². The summed E-state index contributed by atoms with van der Waals surface area (Å²) in [5.74, 6) is 0. The van der Waals surface area contributed by atoms with Gasteiger partial charge in [0.2, 0.25) is 0 Å². The van der Waals surface area contributed by atoms with Gasteiger partial charge < -0.3 is 0 Å². The van der Waals surface area contributed by atoms with Crippen LogP contribution in [0.2, 0.25) is 0 Å². The number of halogens is 1. The van der Waals surface area contributed by atoms with Crippen molar-refractivity contribution in [3.05, 3.63) is 0 Å². The first kappa shape index (κ1) is 23.3. The van der Waals surface area contributed by atoms with Gasteiger partial charge in [-0.3, -0.25) is 0 Å². The van der Waals surface area contributed by atoms with Gasteiger partial charge in [0.05, 0.1) is 0 Å². The Balaban J connectivity index is 3.99. The zero-order chi connectivity index (χ0) is 17.7. The Morgan fingerprint density at radius 1 is 1.13 bits per heavy atom. The molecule has 4 atom stereocenters. The van der Waals surface area contributed by atoms with E-state index < -0.39 is 53.1 Å². The standard InChI is InChI=1S/C12H28IN2O8/c1-15(8-16)11(19)9(17)10(18)12(20-2)22-5-6-23-13-7-21-4-3-14/h9-12,16-19H,3-8,14H2,1-2H3/q-1/t9?,10?,11-,12+/m0/s1. The normalized spacial score (nSPS) is 17.4. The first-order valence-corrected chi connectivity index (χ1v) is 9.38. The van der Waals surface area contributed by atoms with Gasteiger partial charge >= 0.3 is 147 Å². The number of nitrogens with two attached hydrogens (primary N) is 1. The van der Waals surface area contributed by atoms with Crippen molar-refractivity contribution >= 4 is 0 Å². The molecule has 0 rings (SSSR count). The van der Waals surface area contributed by atoms with E-state index in [9.17, 15) is 15.3 Å². The fourth-order valence-electron chi connectivity index (χ4n) is 1.44. The molecule has 0 aliphatic rings. The number of hydrogen-bond donors (Lipinski definition) is 5. The fraction of sp³-hybridized carbons (Fsp3) is 1.00. The third-order valence-electron chi connectivity index (χ3n) is 2.74. The van der Waals surface area contributed by atoms with Gasteiger partial charge in [0.25, 0.3) is 0 Å². The van der Waals surface area contributed by atoms with Crippen LogP contribution in [0.25, 0.3) is 0 Å². The van der Waals surface area contributed by atoms with E-state index in [-0.39, 0.29) is 6.61 Å². The minimum absolute atomic E-state index is 0.144. The number of alkyl halides is 1. The quantitative estimate of drug-likeness (QED) is 0.0700. The first-order chi connectivity index (χ1) is 11.0. The summed E-state index contributed by atoms with van der Waals surface area (Å²) in [4.78, 5) is 1.05. The van der Waals surface area contributed by atoms with Crippen molar-refractivity contribution in [2.75, 3.05) is 51.9 Å². The van der Waals surface area contributed by atoms with E-state index in [0.29, 0.717) is 24.4 Å². The van der Waals surface area contributed by atoms with Crippen molar-refractivity contribution < 1.29 is 59.3 Å². The van der Waals surface area contributed by atoms with Crippen molar-refractivity contribution in [2.24, 2.45) is 5.73 Å². The van der Waals surface area contributed by atoms with Crippen LogP contribution in [-0.2, 0) is 17.3 Å². The average molecular weight is 455 g/mol. The molecule has 11 heteroatoms. The first-order valence-electron chi connectivity index (χ1n) is 6.98. The molecule has 0 aliphatic heterocycles. The number of hydrogen-bond acceptors (Lipinski definition) is 10. The molecule has 0 saturated heterocycles. The molecule has 6 N–H and O–H groups in total. The Labute approximate surface area is 146 Å². The summed E-state index contributed by atoms with van der Waals surface area (Å²) in [6.45, 7) is 0.930. The predicted octanol–water partition coefficient (Wildman–Crippen LogP) is -6.15. The van der Waals surface area contributed by atoms with Crippen LogP contribution in [0.1, 0.15) is 0 Å². The van der Waals surface area contributed by atoms with Gasteiger partial charge in [0, 0.05) is 0 Å². The van der Waals surface area contributed by atoms with Crippen molar-refractivity contribution in [1.29, 1.82) is 0 Å². The molecule has 23 heavy (non-hydrogen) atoms. The molecular weight excluding hydrogens is 427 g/mol. The Hall–Kier alpha value is 0.330. The second kappa shape index (κ2) is 14.7. The van der Waals surface area contributed by atoms with Gasteiger partial charge in [-0.05, 0) is 0 Å². The molecule has 0 aromatic heterocycles. The number of aliphatic hydroxyl groups excluding tert-OH is 4. The van der Waals surface area contributed by atoms with Gasteiger partial charge in [-0.15, -0.1) is 0 Å². The van der Waals surface area contributed by atoms with Crippen LogP contribution in [0.3, 0.4) is 0 Å². The van der Waals surface area contributed by atoms with Crippen molar-refractivity contribution in [3.8, 4) is 0 Å². The van der Waals surface area contributed by atoms with Crippen LogP contribution in [0, 0.1) is 0 Å². The van der Waals surface area contributed by atoms with Crippen LogP contribution in [0.15, 0.2) is 0 Å². The van der Waals surface area contributed by atoms with Crippen LogP contribution < -0.4 is 27.4 Å². The fourth-order valence-corrected chi connectivity index (χ4v) is 2.60. The van der Waals surface area contributed by atoms with Gasteiger partial charge in [0.1, 0.15) is 0 Å². The zero-order valence-electron chi connectivity index (χ0n) is 13.4. The van der Waals surface area contributed by atoms with Crippen LogP contribution in [-0.4, -0.2) is 102 Å². The third kappa shape index (κ3) is 10.0. The molecule has 0 spiro atoms. The van der Waals surface area contributed by atoms with Gasteiger partial charge in [-0.1, -0.05) is 0 Å². The van der Waals surface area contributed by atoms with Gasteiger partial charge in [-0.2, -0.15) is 0 Å². The van der Waals surface area contributed by atoms with E-state index in [0.717, 1.165) is 4.90 Å². The van der Waals surface area contributed by atoms with Crippen LogP contribution >= 0.6 is 0 Å². The second-order valence-electron chi connectivity index (χ2n) is 4.50. The Morgan fingerprint density at radius 3 is 2.39 bits per heavy atom. The number of likely N-dealkylation sites (N-methyl/N-ethyl adjacent to an activating group) is 1. The Kier molecular flexibility index (Phi) is 14.9. The maximum absolute atomic E-state index is 9.96. The zero-order valence-corrected chi connectivity index (χ0v) is 15.5. The summed E-state index contributed by atoms with van der Waals surface area (Å²) in [6.07, 6.45) is -5.67. The summed E-state index contributed by atoms with van der Waals surface area (Å²) in [5.41, 5.74) is 5.27. The maximum atomic E-state index is 9.96. The minimum atomic E-state index is -1.57. The summed E-state index contributed by atoms with van der Waals surface area (Å²) in [6, 6.07) is 0. The van der Waals surface area contributed by atoms with E-state index in [2.05, 4.69) is 0 Å². The molecule has 0 amide bonds. The van der Waals surface area contributed by atoms with Gasteiger partial charge in [-0.25, -0.2) is 0 Å². The molecule has 0 radical (unpaired) electrons. The third-order valence-corrected chi connectivity index (χ3v) is 4.32. The second-order valence-corrected chi connectivity index (χ2v) is 6.36. The van der Waals surface area contributed by atoms with E-state index in [1.54, 1.807) is 0 Å². The molecule has 2 unspecified atom stereocenters. The number of aliphatic hydroxyl groups is 4. The Morgan fingerprint density at radius 2 is 1.83 bits per heavy atom. The van der Waals surface area contributed by atoms with Crippen molar-refractivity contribution in [3.63, 3.8) is 0 Å². The molecule has 10 nitrogen and oxygen atoms in total. The topological polar surface area (TPSA) is 147 Å². The van der Waals surface area contributed by atoms with Crippen LogP contribution in [0.5, 0.6) is 0 Å². The van der Waals surface area contributed by atoms with E-state index >= 15 is 0 Å². The summed E-state index contributed by atoms with van der Waals surface area (Å²) in [5, 5.41) is 38.4. The molecule has 142 valence electrons. The number of nitrogens with zero attached hydrogens (tertiary/aromatic N) is 1. The number of ether oxygens (including phenoxy) is 3. The molecule has 0 bridgehead atoms. The van der Waals surface area contributed by atoms with E-state index in [1.807, 2.05) is 0 Å². The van der Waals surface area contributed by atoms with Crippen LogP contribution in [0.4, 0.5) is 0 Å². The molecule has 0 aromatic carbocycles. The molecule has 0 fully saturated rings. The SMILES string of the molecule is CO[C@H](OCCO[I-]COCCN)C(O)C(O)[C@H](O)N(C)CO. The monoisotopic (exact) mass is 455 g/mol. The number of rotatable bonds is 15. The molecule has 0 aromatic rings. The molecule has 0 saturated carbocycles. The molecule has 0 heterocycles.